The molecule has 30 heavy (non-hydrogen) atoms. The van der Waals surface area contributed by atoms with Crippen LogP contribution in [0.3, 0.4) is 0 Å². The second-order valence-corrected chi connectivity index (χ2v) is 8.75. The molecule has 0 spiro atoms. The summed E-state index contributed by atoms with van der Waals surface area (Å²) in [6, 6.07) is 13.5. The number of aromatic nitrogens is 1. The Morgan fingerprint density at radius 3 is 2.60 bits per heavy atom. The van der Waals surface area contributed by atoms with E-state index in [0.29, 0.717) is 23.7 Å². The molecule has 0 unspecified atom stereocenters. The van der Waals surface area contributed by atoms with E-state index in [1.165, 1.54) is 0 Å². The van der Waals surface area contributed by atoms with E-state index in [9.17, 15) is 9.59 Å². The maximum Gasteiger partial charge on any atom is 0.255 e. The number of benzene rings is 1. The highest BCUT2D eigenvalue weighted by Gasteiger charge is 2.39. The fraction of sp³-hybridized carbons (Fsp3) is 0.292. The number of hydrogen-bond acceptors (Lipinski definition) is 5. The SMILES string of the molecule is CSc1ccc([C@H]2C(C(=O)Nc3ccccn3)=C(C)NC3=C2C(=O)C[C@@H](C)C3)cc1. The summed E-state index contributed by atoms with van der Waals surface area (Å²) in [7, 11) is 0. The van der Waals surface area contributed by atoms with Crippen molar-refractivity contribution in [2.45, 2.75) is 37.5 Å². The maximum absolute atomic E-state index is 13.3. The Balaban J connectivity index is 1.79. The zero-order chi connectivity index (χ0) is 21.3. The van der Waals surface area contributed by atoms with Gasteiger partial charge in [-0.05, 0) is 55.3 Å². The van der Waals surface area contributed by atoms with Crippen LogP contribution in [0.15, 0.2) is 76.1 Å². The van der Waals surface area contributed by atoms with Crippen LogP contribution in [-0.2, 0) is 9.59 Å². The summed E-state index contributed by atoms with van der Waals surface area (Å²) in [5.74, 6) is 0.268. The largest absolute Gasteiger partial charge is 0.362 e. The average molecular weight is 420 g/mol. The Labute approximate surface area is 181 Å². The highest BCUT2D eigenvalue weighted by Crippen LogP contribution is 2.43. The van der Waals surface area contributed by atoms with Gasteiger partial charge in [0.05, 0.1) is 0 Å². The number of nitrogens with one attached hydrogen (secondary N) is 2. The molecule has 2 heterocycles. The van der Waals surface area contributed by atoms with E-state index in [-0.39, 0.29) is 17.6 Å². The van der Waals surface area contributed by atoms with Crippen LogP contribution in [-0.4, -0.2) is 22.9 Å². The first-order valence-electron chi connectivity index (χ1n) is 10.1. The Morgan fingerprint density at radius 1 is 1.17 bits per heavy atom. The minimum atomic E-state index is -0.388. The number of nitrogens with zero attached hydrogens (tertiary/aromatic N) is 1. The number of carbonyl (C=O) groups excluding carboxylic acids is 2. The molecule has 2 aliphatic rings. The smallest absolute Gasteiger partial charge is 0.255 e. The molecule has 0 radical (unpaired) electrons. The summed E-state index contributed by atoms with van der Waals surface area (Å²) < 4.78 is 0. The predicted molar refractivity (Wildman–Crippen MR) is 120 cm³/mol. The van der Waals surface area contributed by atoms with Crippen LogP contribution in [0.2, 0.25) is 0 Å². The maximum atomic E-state index is 13.3. The molecule has 2 atom stereocenters. The summed E-state index contributed by atoms with van der Waals surface area (Å²) in [5, 5.41) is 6.27. The van der Waals surface area contributed by atoms with Crippen molar-refractivity contribution in [2.75, 3.05) is 11.6 Å². The van der Waals surface area contributed by atoms with Crippen molar-refractivity contribution in [2.24, 2.45) is 5.92 Å². The van der Waals surface area contributed by atoms with E-state index in [1.807, 2.05) is 43.5 Å². The number of amides is 1. The first-order valence-corrected chi connectivity index (χ1v) is 11.3. The summed E-state index contributed by atoms with van der Waals surface area (Å²) in [5.41, 5.74) is 3.98. The number of pyridine rings is 1. The second kappa shape index (κ2) is 8.48. The van der Waals surface area contributed by atoms with Gasteiger partial charge in [0.25, 0.3) is 5.91 Å². The number of rotatable bonds is 4. The highest BCUT2D eigenvalue weighted by atomic mass is 32.2. The van der Waals surface area contributed by atoms with Gasteiger partial charge in [0.2, 0.25) is 0 Å². The normalized spacial score (nSPS) is 21.2. The molecule has 0 saturated heterocycles. The Kier molecular flexibility index (Phi) is 5.77. The molecule has 2 aromatic rings. The molecule has 0 bridgehead atoms. The lowest BCUT2D eigenvalue weighted by atomic mass is 9.73. The van der Waals surface area contributed by atoms with E-state index in [1.54, 1.807) is 30.1 Å². The van der Waals surface area contributed by atoms with Crippen molar-refractivity contribution in [3.63, 3.8) is 0 Å². The van der Waals surface area contributed by atoms with Gasteiger partial charge >= 0.3 is 0 Å². The molecular weight excluding hydrogens is 394 g/mol. The number of allylic oxidation sites excluding steroid dienone is 3. The zero-order valence-electron chi connectivity index (χ0n) is 17.4. The first-order chi connectivity index (χ1) is 14.5. The molecule has 6 heteroatoms. The van der Waals surface area contributed by atoms with Crippen LogP contribution in [0, 0.1) is 5.92 Å². The third kappa shape index (κ3) is 3.92. The summed E-state index contributed by atoms with van der Waals surface area (Å²) >= 11 is 1.67. The molecule has 0 fully saturated rings. The van der Waals surface area contributed by atoms with Crippen LogP contribution in [0.5, 0.6) is 0 Å². The topological polar surface area (TPSA) is 71.1 Å². The fourth-order valence-corrected chi connectivity index (χ4v) is 4.69. The van der Waals surface area contributed by atoms with Gasteiger partial charge in [-0.3, -0.25) is 9.59 Å². The standard InChI is InChI=1S/C24H25N3O2S/c1-14-12-18-23(19(28)13-14)22(16-7-9-17(30-3)10-8-16)21(15(2)26-18)24(29)27-20-6-4-5-11-25-20/h4-11,14,22,26H,12-13H2,1-3H3,(H,25,27,29)/t14-,22-/m0/s1. The van der Waals surface area contributed by atoms with Gasteiger partial charge in [-0.15, -0.1) is 11.8 Å². The Morgan fingerprint density at radius 2 is 1.93 bits per heavy atom. The van der Waals surface area contributed by atoms with Crippen molar-refractivity contribution in [3.05, 3.63) is 76.8 Å². The summed E-state index contributed by atoms with van der Waals surface area (Å²) in [4.78, 5) is 31.8. The third-order valence-corrected chi connectivity index (χ3v) is 6.38. The lowest BCUT2D eigenvalue weighted by molar-refractivity contribution is -0.117. The molecule has 154 valence electrons. The molecular formula is C24H25N3O2S. The van der Waals surface area contributed by atoms with Crippen LogP contribution in [0.4, 0.5) is 5.82 Å². The molecule has 1 aliphatic heterocycles. The van der Waals surface area contributed by atoms with Gasteiger partial charge in [-0.25, -0.2) is 4.98 Å². The number of thioether (sulfide) groups is 1. The number of carbonyl (C=O) groups is 2. The fourth-order valence-electron chi connectivity index (χ4n) is 4.28. The average Bonchev–Trinajstić information content (AvgIpc) is 2.73. The molecule has 0 saturated carbocycles. The lowest BCUT2D eigenvalue weighted by Crippen LogP contribution is -2.37. The molecule has 1 aromatic carbocycles. The number of dihydropyridines is 1. The van der Waals surface area contributed by atoms with Crippen LogP contribution in [0.1, 0.15) is 38.2 Å². The monoisotopic (exact) mass is 419 g/mol. The minimum absolute atomic E-state index is 0.117. The van der Waals surface area contributed by atoms with Gasteiger partial charge in [-0.1, -0.05) is 25.1 Å². The summed E-state index contributed by atoms with van der Waals surface area (Å²) in [6.07, 6.45) is 4.99. The molecule has 1 aromatic heterocycles. The van der Waals surface area contributed by atoms with E-state index in [2.05, 4.69) is 22.5 Å². The van der Waals surface area contributed by atoms with Crippen LogP contribution in [0.25, 0.3) is 0 Å². The van der Waals surface area contributed by atoms with Gasteiger partial charge < -0.3 is 10.6 Å². The van der Waals surface area contributed by atoms with Crippen molar-refractivity contribution < 1.29 is 9.59 Å². The first kappa shape index (κ1) is 20.4. The lowest BCUT2D eigenvalue weighted by Gasteiger charge is -2.36. The number of Topliss-reactive ketones (excluding diaryl/α,β-unsaturated/α-hetero) is 1. The second-order valence-electron chi connectivity index (χ2n) is 7.87. The molecule has 5 nitrogen and oxygen atoms in total. The Bertz CT molecular complexity index is 1040. The predicted octanol–water partition coefficient (Wildman–Crippen LogP) is 4.66. The van der Waals surface area contributed by atoms with Gasteiger partial charge in [-0.2, -0.15) is 0 Å². The van der Waals surface area contributed by atoms with Gasteiger partial charge in [0.15, 0.2) is 5.78 Å². The third-order valence-electron chi connectivity index (χ3n) is 5.63. The van der Waals surface area contributed by atoms with E-state index < -0.39 is 0 Å². The highest BCUT2D eigenvalue weighted by molar-refractivity contribution is 7.98. The molecule has 2 N–H and O–H groups in total. The van der Waals surface area contributed by atoms with Gasteiger partial charge in [0.1, 0.15) is 5.82 Å². The molecule has 1 amide bonds. The quantitative estimate of drug-likeness (QED) is 0.706. The van der Waals surface area contributed by atoms with Gasteiger partial charge in [0, 0.05) is 46.0 Å². The van der Waals surface area contributed by atoms with E-state index in [4.69, 9.17) is 0 Å². The van der Waals surface area contributed by atoms with Crippen molar-refractivity contribution in [1.82, 2.24) is 10.3 Å². The minimum Gasteiger partial charge on any atom is -0.362 e. The van der Waals surface area contributed by atoms with Crippen molar-refractivity contribution >= 4 is 29.3 Å². The molecule has 4 rings (SSSR count). The number of hydrogen-bond donors (Lipinski definition) is 2. The zero-order valence-corrected chi connectivity index (χ0v) is 18.2. The van der Waals surface area contributed by atoms with Crippen molar-refractivity contribution in [1.29, 1.82) is 0 Å². The van der Waals surface area contributed by atoms with E-state index in [0.717, 1.165) is 33.8 Å². The summed E-state index contributed by atoms with van der Waals surface area (Å²) in [6.45, 7) is 4.00. The van der Waals surface area contributed by atoms with Crippen molar-refractivity contribution in [3.8, 4) is 0 Å². The number of anilines is 1. The number of ketones is 1. The van der Waals surface area contributed by atoms with Crippen LogP contribution >= 0.6 is 11.8 Å². The molecule has 1 aliphatic carbocycles. The Hall–Kier alpha value is -2.86. The van der Waals surface area contributed by atoms with E-state index >= 15 is 0 Å². The van der Waals surface area contributed by atoms with Crippen LogP contribution < -0.4 is 10.6 Å².